The molecule has 0 N–H and O–H groups in total. The Labute approximate surface area is 181 Å². The molecular formula is C20H29ClN6O3. The van der Waals surface area contributed by atoms with Crippen molar-refractivity contribution in [3.8, 4) is 0 Å². The molecule has 1 atom stereocenters. The maximum absolute atomic E-state index is 13.3. The standard InChI is InChI=1S/C20H29ClN6O3/c1-11-9-25(19(29)30-20(5,6)7)17-13(3)22-24(8)18(17)27(11)15(28)10-26-14(4)16(21)12(2)23-26/h11H,9-10H2,1-8H3/t11-/m0/s1. The summed E-state index contributed by atoms with van der Waals surface area (Å²) in [5.41, 5.74) is 2.03. The van der Waals surface area contributed by atoms with Gasteiger partial charge in [0.15, 0.2) is 5.82 Å². The van der Waals surface area contributed by atoms with Crippen molar-refractivity contribution in [3.63, 3.8) is 0 Å². The molecule has 2 amide bonds. The Balaban J connectivity index is 1.98. The van der Waals surface area contributed by atoms with E-state index in [4.69, 9.17) is 16.3 Å². The number of aryl methyl sites for hydroxylation is 3. The summed E-state index contributed by atoms with van der Waals surface area (Å²) in [5, 5.41) is 9.39. The van der Waals surface area contributed by atoms with Crippen molar-refractivity contribution < 1.29 is 14.3 Å². The Kier molecular flexibility index (Phi) is 5.62. The molecule has 9 nitrogen and oxygen atoms in total. The predicted octanol–water partition coefficient (Wildman–Crippen LogP) is 3.37. The molecule has 3 heterocycles. The Morgan fingerprint density at radius 2 is 1.80 bits per heavy atom. The Morgan fingerprint density at radius 1 is 1.17 bits per heavy atom. The van der Waals surface area contributed by atoms with Crippen LogP contribution in [0.3, 0.4) is 0 Å². The van der Waals surface area contributed by atoms with Crippen LogP contribution in [-0.2, 0) is 23.1 Å². The molecule has 2 aromatic rings. The van der Waals surface area contributed by atoms with E-state index in [-0.39, 0.29) is 18.5 Å². The van der Waals surface area contributed by atoms with E-state index in [1.807, 2.05) is 41.5 Å². The smallest absolute Gasteiger partial charge is 0.415 e. The van der Waals surface area contributed by atoms with Crippen LogP contribution in [0.25, 0.3) is 0 Å². The van der Waals surface area contributed by atoms with Crippen LogP contribution in [0.1, 0.15) is 44.8 Å². The lowest BCUT2D eigenvalue weighted by atomic mass is 10.1. The molecule has 0 aromatic carbocycles. The van der Waals surface area contributed by atoms with E-state index in [1.54, 1.807) is 33.1 Å². The number of aromatic nitrogens is 4. The lowest BCUT2D eigenvalue weighted by molar-refractivity contribution is -0.119. The van der Waals surface area contributed by atoms with Crippen molar-refractivity contribution in [3.05, 3.63) is 22.1 Å². The third kappa shape index (κ3) is 3.90. The summed E-state index contributed by atoms with van der Waals surface area (Å²) < 4.78 is 8.82. The molecule has 0 bridgehead atoms. The first-order chi connectivity index (χ1) is 13.8. The van der Waals surface area contributed by atoms with Crippen LogP contribution in [0, 0.1) is 20.8 Å². The zero-order valence-electron chi connectivity index (χ0n) is 18.8. The van der Waals surface area contributed by atoms with Crippen molar-refractivity contribution in [2.24, 2.45) is 7.05 Å². The van der Waals surface area contributed by atoms with E-state index >= 15 is 0 Å². The summed E-state index contributed by atoms with van der Waals surface area (Å²) in [7, 11) is 1.76. The van der Waals surface area contributed by atoms with Crippen LogP contribution < -0.4 is 9.80 Å². The van der Waals surface area contributed by atoms with Gasteiger partial charge < -0.3 is 4.74 Å². The van der Waals surface area contributed by atoms with E-state index in [0.717, 1.165) is 5.69 Å². The normalized spacial score (nSPS) is 16.6. The minimum atomic E-state index is -0.627. The molecule has 0 radical (unpaired) electrons. The highest BCUT2D eigenvalue weighted by Crippen LogP contribution is 2.39. The highest BCUT2D eigenvalue weighted by Gasteiger charge is 2.40. The summed E-state index contributed by atoms with van der Waals surface area (Å²) >= 11 is 6.23. The van der Waals surface area contributed by atoms with Gasteiger partial charge in [0.2, 0.25) is 5.91 Å². The number of ether oxygens (including phenoxy) is 1. The number of fused-ring (bicyclic) bond motifs is 1. The average molecular weight is 437 g/mol. The first-order valence-electron chi connectivity index (χ1n) is 9.87. The Bertz CT molecular complexity index is 1000. The van der Waals surface area contributed by atoms with Gasteiger partial charge in [-0.15, -0.1) is 0 Å². The number of carbonyl (C=O) groups is 2. The van der Waals surface area contributed by atoms with Gasteiger partial charge in [0.25, 0.3) is 0 Å². The summed E-state index contributed by atoms with van der Waals surface area (Å²) in [4.78, 5) is 29.4. The molecule has 0 saturated heterocycles. The van der Waals surface area contributed by atoms with E-state index in [0.29, 0.717) is 34.5 Å². The van der Waals surface area contributed by atoms with Gasteiger partial charge in [-0.25, -0.2) is 4.79 Å². The van der Waals surface area contributed by atoms with Gasteiger partial charge in [0.05, 0.1) is 34.7 Å². The number of nitrogens with zero attached hydrogens (tertiary/aromatic N) is 6. The monoisotopic (exact) mass is 436 g/mol. The molecule has 0 fully saturated rings. The molecule has 0 aliphatic carbocycles. The second-order valence-corrected chi connectivity index (χ2v) is 9.11. The first-order valence-corrected chi connectivity index (χ1v) is 10.2. The molecule has 3 rings (SSSR count). The number of rotatable bonds is 2. The molecule has 10 heteroatoms. The molecule has 0 saturated carbocycles. The second kappa shape index (κ2) is 7.61. The topological polar surface area (TPSA) is 85.5 Å². The van der Waals surface area contributed by atoms with Gasteiger partial charge >= 0.3 is 6.09 Å². The number of amides is 2. The summed E-state index contributed by atoms with van der Waals surface area (Å²) in [5.74, 6) is 0.410. The van der Waals surface area contributed by atoms with Crippen molar-refractivity contribution in [1.29, 1.82) is 0 Å². The molecule has 0 unspecified atom stereocenters. The second-order valence-electron chi connectivity index (χ2n) is 8.73. The third-order valence-electron chi connectivity index (χ3n) is 5.01. The van der Waals surface area contributed by atoms with Crippen molar-refractivity contribution >= 4 is 35.1 Å². The summed E-state index contributed by atoms with van der Waals surface area (Å²) in [6.45, 7) is 13.2. The third-order valence-corrected chi connectivity index (χ3v) is 5.55. The molecule has 2 aromatic heterocycles. The maximum Gasteiger partial charge on any atom is 0.415 e. The fraction of sp³-hybridized carbons (Fsp3) is 0.600. The highest BCUT2D eigenvalue weighted by atomic mass is 35.5. The SMILES string of the molecule is Cc1nn(CC(=O)N2c3c(c(C)nn3C)N(C(=O)OC(C)(C)C)C[C@@H]2C)c(C)c1Cl. The van der Waals surface area contributed by atoms with Crippen LogP contribution in [0.5, 0.6) is 0 Å². The van der Waals surface area contributed by atoms with E-state index in [2.05, 4.69) is 10.2 Å². The molecule has 1 aliphatic heterocycles. The van der Waals surface area contributed by atoms with Gasteiger partial charge in [-0.05, 0) is 48.5 Å². The summed E-state index contributed by atoms with van der Waals surface area (Å²) in [6.07, 6.45) is -0.455. The molecule has 0 spiro atoms. The number of hydrogen-bond donors (Lipinski definition) is 0. The predicted molar refractivity (Wildman–Crippen MR) is 115 cm³/mol. The zero-order chi connectivity index (χ0) is 22.5. The van der Waals surface area contributed by atoms with Gasteiger partial charge in [-0.3, -0.25) is 24.0 Å². The number of hydrogen-bond acceptors (Lipinski definition) is 5. The largest absolute Gasteiger partial charge is 0.443 e. The van der Waals surface area contributed by atoms with Gasteiger partial charge in [0, 0.05) is 7.05 Å². The zero-order valence-corrected chi connectivity index (χ0v) is 19.5. The summed E-state index contributed by atoms with van der Waals surface area (Å²) in [6, 6.07) is -0.278. The van der Waals surface area contributed by atoms with Gasteiger partial charge in [0.1, 0.15) is 17.8 Å². The van der Waals surface area contributed by atoms with Gasteiger partial charge in [-0.2, -0.15) is 10.2 Å². The number of carbonyl (C=O) groups excluding carboxylic acids is 2. The van der Waals surface area contributed by atoms with Crippen LogP contribution in [0.2, 0.25) is 5.02 Å². The minimum Gasteiger partial charge on any atom is -0.443 e. The molecule has 164 valence electrons. The number of halogens is 1. The van der Waals surface area contributed by atoms with Crippen molar-refractivity contribution in [2.75, 3.05) is 16.3 Å². The average Bonchev–Trinajstić information content (AvgIpc) is 3.03. The number of anilines is 2. The fourth-order valence-electron chi connectivity index (χ4n) is 3.75. The van der Waals surface area contributed by atoms with E-state index in [1.165, 1.54) is 0 Å². The molecule has 30 heavy (non-hydrogen) atoms. The van der Waals surface area contributed by atoms with Gasteiger partial charge in [-0.1, -0.05) is 11.6 Å². The first kappa shape index (κ1) is 22.1. The van der Waals surface area contributed by atoms with Crippen LogP contribution in [0.15, 0.2) is 0 Å². The Hall–Kier alpha value is -2.55. The molecule has 1 aliphatic rings. The Morgan fingerprint density at radius 3 is 2.33 bits per heavy atom. The lowest BCUT2D eigenvalue weighted by Crippen LogP contribution is -2.54. The van der Waals surface area contributed by atoms with Crippen molar-refractivity contribution in [1.82, 2.24) is 19.6 Å². The van der Waals surface area contributed by atoms with Crippen LogP contribution in [0.4, 0.5) is 16.3 Å². The van der Waals surface area contributed by atoms with Crippen LogP contribution >= 0.6 is 11.6 Å². The highest BCUT2D eigenvalue weighted by molar-refractivity contribution is 6.31. The lowest BCUT2D eigenvalue weighted by Gasteiger charge is -2.40. The molecular weight excluding hydrogens is 408 g/mol. The van der Waals surface area contributed by atoms with E-state index in [9.17, 15) is 9.59 Å². The maximum atomic E-state index is 13.3. The van der Waals surface area contributed by atoms with Crippen LogP contribution in [-0.4, -0.2) is 49.7 Å². The minimum absolute atomic E-state index is 0.0415. The quantitative estimate of drug-likeness (QED) is 0.720. The van der Waals surface area contributed by atoms with Crippen molar-refractivity contribution in [2.45, 2.75) is 66.7 Å². The fourth-order valence-corrected chi connectivity index (χ4v) is 3.88. The van der Waals surface area contributed by atoms with E-state index < -0.39 is 11.7 Å².